The predicted molar refractivity (Wildman–Crippen MR) is 43.0 cm³/mol. The van der Waals surface area contributed by atoms with Gasteiger partial charge in [0, 0.05) is 7.11 Å². The summed E-state index contributed by atoms with van der Waals surface area (Å²) in [6.45, 7) is 6.15. The Morgan fingerprint density at radius 2 is 2.10 bits per heavy atom. The third kappa shape index (κ3) is 1.31. The number of hydrogen-bond donors (Lipinski definition) is 0. The van der Waals surface area contributed by atoms with Crippen molar-refractivity contribution in [1.29, 1.82) is 0 Å². The summed E-state index contributed by atoms with van der Waals surface area (Å²) >= 11 is 1.73. The van der Waals surface area contributed by atoms with Gasteiger partial charge in [0.05, 0.1) is 6.10 Å². The molecule has 60 valence electrons. The van der Waals surface area contributed by atoms with Gasteiger partial charge < -0.3 is 9.47 Å². The van der Waals surface area contributed by atoms with E-state index in [0.717, 1.165) is 0 Å². The summed E-state index contributed by atoms with van der Waals surface area (Å²) in [5.74, 6) is 0. The molecule has 0 aliphatic carbocycles. The van der Waals surface area contributed by atoms with E-state index < -0.39 is 0 Å². The fourth-order valence-electron chi connectivity index (χ4n) is 1.08. The number of thioether (sulfide) groups is 1. The van der Waals surface area contributed by atoms with E-state index in [1.165, 1.54) is 0 Å². The van der Waals surface area contributed by atoms with Gasteiger partial charge in [-0.25, -0.2) is 0 Å². The third-order valence-corrected chi connectivity index (χ3v) is 3.35. The van der Waals surface area contributed by atoms with Crippen LogP contribution in [0.5, 0.6) is 0 Å². The standard InChI is InChI=1S/C7H14O2S/c1-5-7(3,8-4)10-6(2)9-5/h5-6H,1-4H3. The molecule has 0 aromatic carbocycles. The molecule has 1 heterocycles. The fourth-order valence-corrected chi connectivity index (χ4v) is 2.30. The number of hydrogen-bond acceptors (Lipinski definition) is 3. The molecule has 1 fully saturated rings. The van der Waals surface area contributed by atoms with E-state index in [4.69, 9.17) is 9.47 Å². The van der Waals surface area contributed by atoms with E-state index in [1.807, 2.05) is 13.8 Å². The van der Waals surface area contributed by atoms with Crippen molar-refractivity contribution in [2.45, 2.75) is 37.2 Å². The van der Waals surface area contributed by atoms with Gasteiger partial charge in [-0.15, -0.1) is 0 Å². The Bertz CT molecular complexity index is 129. The van der Waals surface area contributed by atoms with Gasteiger partial charge in [-0.05, 0) is 20.8 Å². The fraction of sp³-hybridized carbons (Fsp3) is 1.00. The number of rotatable bonds is 1. The largest absolute Gasteiger partial charge is 0.365 e. The Morgan fingerprint density at radius 1 is 1.50 bits per heavy atom. The molecule has 0 saturated carbocycles. The highest BCUT2D eigenvalue weighted by molar-refractivity contribution is 8.01. The van der Waals surface area contributed by atoms with Crippen LogP contribution in [-0.4, -0.2) is 23.6 Å². The van der Waals surface area contributed by atoms with Crippen molar-refractivity contribution >= 4 is 11.8 Å². The van der Waals surface area contributed by atoms with Crippen LogP contribution in [0.25, 0.3) is 0 Å². The molecule has 10 heavy (non-hydrogen) atoms. The molecule has 0 aromatic rings. The summed E-state index contributed by atoms with van der Waals surface area (Å²) in [4.78, 5) is -0.139. The van der Waals surface area contributed by atoms with Crippen LogP contribution in [0.1, 0.15) is 20.8 Å². The van der Waals surface area contributed by atoms with E-state index in [-0.39, 0.29) is 16.5 Å². The van der Waals surface area contributed by atoms with Crippen molar-refractivity contribution in [2.75, 3.05) is 7.11 Å². The van der Waals surface area contributed by atoms with Gasteiger partial charge in [-0.1, -0.05) is 11.8 Å². The number of ether oxygens (including phenoxy) is 2. The Labute approximate surface area is 66.3 Å². The van der Waals surface area contributed by atoms with E-state index in [2.05, 4.69) is 6.92 Å². The van der Waals surface area contributed by atoms with Crippen LogP contribution in [0.3, 0.4) is 0 Å². The van der Waals surface area contributed by atoms with Crippen LogP contribution in [-0.2, 0) is 9.47 Å². The minimum atomic E-state index is -0.139. The lowest BCUT2D eigenvalue weighted by Crippen LogP contribution is -2.31. The second kappa shape index (κ2) is 2.72. The first-order chi connectivity index (χ1) is 4.58. The van der Waals surface area contributed by atoms with Crippen molar-refractivity contribution in [3.05, 3.63) is 0 Å². The van der Waals surface area contributed by atoms with Crippen LogP contribution in [0.4, 0.5) is 0 Å². The second-order valence-electron chi connectivity index (χ2n) is 2.68. The summed E-state index contributed by atoms with van der Waals surface area (Å²) in [5, 5.41) is 0. The highest BCUT2D eigenvalue weighted by Gasteiger charge is 2.41. The smallest absolute Gasteiger partial charge is 0.138 e. The maximum absolute atomic E-state index is 5.51. The zero-order valence-electron chi connectivity index (χ0n) is 6.88. The van der Waals surface area contributed by atoms with Gasteiger partial charge >= 0.3 is 0 Å². The topological polar surface area (TPSA) is 18.5 Å². The first-order valence-electron chi connectivity index (χ1n) is 3.47. The van der Waals surface area contributed by atoms with Gasteiger partial charge in [0.15, 0.2) is 0 Å². The predicted octanol–water partition coefficient (Wildman–Crippen LogP) is 1.85. The molecule has 1 rings (SSSR count). The van der Waals surface area contributed by atoms with Crippen LogP contribution < -0.4 is 0 Å². The molecule has 0 bridgehead atoms. The normalized spacial score (nSPS) is 48.0. The molecule has 3 atom stereocenters. The minimum absolute atomic E-state index is 0.139. The molecule has 1 saturated heterocycles. The van der Waals surface area contributed by atoms with Gasteiger partial charge in [0.2, 0.25) is 0 Å². The van der Waals surface area contributed by atoms with Gasteiger partial charge in [0.1, 0.15) is 10.4 Å². The Morgan fingerprint density at radius 3 is 2.30 bits per heavy atom. The summed E-state index contributed by atoms with van der Waals surface area (Å²) in [6.07, 6.45) is 0.192. The third-order valence-electron chi connectivity index (χ3n) is 1.94. The number of methoxy groups -OCH3 is 1. The first-order valence-corrected chi connectivity index (χ1v) is 4.35. The van der Waals surface area contributed by atoms with Crippen molar-refractivity contribution < 1.29 is 9.47 Å². The second-order valence-corrected chi connectivity index (χ2v) is 4.39. The summed E-state index contributed by atoms with van der Waals surface area (Å²) in [7, 11) is 1.73. The van der Waals surface area contributed by atoms with E-state index >= 15 is 0 Å². The van der Waals surface area contributed by atoms with E-state index in [1.54, 1.807) is 18.9 Å². The van der Waals surface area contributed by atoms with Crippen LogP contribution in [0.15, 0.2) is 0 Å². The lowest BCUT2D eigenvalue weighted by atomic mass is 10.2. The SMILES string of the molecule is COC1(C)SC(C)OC1C. The van der Waals surface area contributed by atoms with Crippen LogP contribution in [0, 0.1) is 0 Å². The highest BCUT2D eigenvalue weighted by Crippen LogP contribution is 2.42. The molecule has 2 nitrogen and oxygen atoms in total. The monoisotopic (exact) mass is 162 g/mol. The van der Waals surface area contributed by atoms with E-state index in [0.29, 0.717) is 0 Å². The molecule has 3 unspecified atom stereocenters. The Balaban J connectivity index is 2.61. The molecular formula is C7H14O2S. The van der Waals surface area contributed by atoms with Crippen molar-refractivity contribution in [1.82, 2.24) is 0 Å². The van der Waals surface area contributed by atoms with Gasteiger partial charge in [0.25, 0.3) is 0 Å². The average Bonchev–Trinajstić information content (AvgIpc) is 2.09. The lowest BCUT2D eigenvalue weighted by molar-refractivity contribution is -0.0378. The van der Waals surface area contributed by atoms with Gasteiger partial charge in [-0.2, -0.15) is 0 Å². The summed E-state index contributed by atoms with van der Waals surface area (Å²) in [5.41, 5.74) is 0.264. The molecule has 3 heteroatoms. The molecule has 0 spiro atoms. The molecule has 0 amide bonds. The first kappa shape index (κ1) is 8.37. The summed E-state index contributed by atoms with van der Waals surface area (Å²) < 4.78 is 10.8. The molecule has 0 aromatic heterocycles. The van der Waals surface area contributed by atoms with E-state index in [9.17, 15) is 0 Å². The lowest BCUT2D eigenvalue weighted by Gasteiger charge is -2.23. The molecular weight excluding hydrogens is 148 g/mol. The zero-order valence-corrected chi connectivity index (χ0v) is 7.70. The quantitative estimate of drug-likeness (QED) is 0.586. The molecule has 0 radical (unpaired) electrons. The zero-order chi connectivity index (χ0) is 7.78. The minimum Gasteiger partial charge on any atom is -0.365 e. The van der Waals surface area contributed by atoms with Gasteiger partial charge in [-0.3, -0.25) is 0 Å². The molecule has 1 aliphatic heterocycles. The summed E-state index contributed by atoms with van der Waals surface area (Å²) in [6, 6.07) is 0. The maximum Gasteiger partial charge on any atom is 0.138 e. The van der Waals surface area contributed by atoms with Crippen LogP contribution in [0.2, 0.25) is 0 Å². The Hall–Kier alpha value is 0.270. The van der Waals surface area contributed by atoms with Crippen LogP contribution >= 0.6 is 11.8 Å². The highest BCUT2D eigenvalue weighted by atomic mass is 32.2. The molecule has 1 aliphatic rings. The molecule has 0 N–H and O–H groups in total. The maximum atomic E-state index is 5.51. The van der Waals surface area contributed by atoms with Crippen molar-refractivity contribution in [3.8, 4) is 0 Å². The van der Waals surface area contributed by atoms with Crippen molar-refractivity contribution in [2.24, 2.45) is 0 Å². The van der Waals surface area contributed by atoms with Crippen molar-refractivity contribution in [3.63, 3.8) is 0 Å². The Kier molecular flexibility index (Phi) is 2.28. The average molecular weight is 162 g/mol.